The van der Waals surface area contributed by atoms with Crippen LogP contribution in [0.4, 0.5) is 4.39 Å². The van der Waals surface area contributed by atoms with Gasteiger partial charge in [0.15, 0.2) is 0 Å². The van der Waals surface area contributed by atoms with E-state index < -0.39 is 15.8 Å². The predicted octanol–water partition coefficient (Wildman–Crippen LogP) is 2.22. The highest BCUT2D eigenvalue weighted by atomic mass is 32.2. The van der Waals surface area contributed by atoms with E-state index in [2.05, 4.69) is 12.2 Å². The van der Waals surface area contributed by atoms with Crippen molar-refractivity contribution in [1.29, 1.82) is 0 Å². The average Bonchev–Trinajstić information content (AvgIpc) is 2.90. The van der Waals surface area contributed by atoms with Crippen LogP contribution in [0.1, 0.15) is 39.0 Å². The van der Waals surface area contributed by atoms with Crippen molar-refractivity contribution >= 4 is 15.9 Å². The van der Waals surface area contributed by atoms with E-state index in [1.165, 1.54) is 22.9 Å². The Kier molecular flexibility index (Phi) is 7.06. The minimum absolute atomic E-state index is 0.0218. The van der Waals surface area contributed by atoms with Gasteiger partial charge in [0, 0.05) is 25.7 Å². The third-order valence-corrected chi connectivity index (χ3v) is 7.74. The number of nitrogens with one attached hydrogen (secondary N) is 1. The Morgan fingerprint density at radius 3 is 2.50 bits per heavy atom. The van der Waals surface area contributed by atoms with Gasteiger partial charge in [-0.15, -0.1) is 0 Å². The van der Waals surface area contributed by atoms with Crippen LogP contribution in [0.15, 0.2) is 29.2 Å². The first-order chi connectivity index (χ1) is 13.4. The number of rotatable bonds is 5. The van der Waals surface area contributed by atoms with Gasteiger partial charge in [-0.1, -0.05) is 19.8 Å². The van der Waals surface area contributed by atoms with Gasteiger partial charge in [0.25, 0.3) is 0 Å². The second-order valence-electron chi connectivity index (χ2n) is 7.92. The molecule has 1 saturated heterocycles. The first-order valence-electron chi connectivity index (χ1n) is 10.1. The van der Waals surface area contributed by atoms with Gasteiger partial charge in [-0.3, -0.25) is 9.69 Å². The predicted molar refractivity (Wildman–Crippen MR) is 106 cm³/mol. The van der Waals surface area contributed by atoms with Crippen LogP contribution < -0.4 is 5.32 Å². The van der Waals surface area contributed by atoms with Gasteiger partial charge in [-0.25, -0.2) is 12.8 Å². The second kappa shape index (κ2) is 9.33. The molecular formula is C20H30FN3O3S. The number of sulfonamides is 1. The zero-order chi connectivity index (χ0) is 20.1. The van der Waals surface area contributed by atoms with Crippen LogP contribution in [0.3, 0.4) is 0 Å². The topological polar surface area (TPSA) is 69.7 Å². The molecule has 2 fully saturated rings. The molecule has 6 nitrogen and oxygen atoms in total. The van der Waals surface area contributed by atoms with Gasteiger partial charge in [0.2, 0.25) is 15.9 Å². The molecule has 1 amide bonds. The molecule has 1 aromatic rings. The zero-order valence-electron chi connectivity index (χ0n) is 16.4. The molecule has 1 heterocycles. The maximum atomic E-state index is 13.1. The maximum absolute atomic E-state index is 13.1. The lowest BCUT2D eigenvalue weighted by Gasteiger charge is -2.30. The molecule has 0 radical (unpaired) electrons. The number of nitrogens with zero attached hydrogens (tertiary/aromatic N) is 2. The molecule has 1 aliphatic carbocycles. The van der Waals surface area contributed by atoms with Crippen molar-refractivity contribution in [1.82, 2.24) is 14.5 Å². The molecule has 156 valence electrons. The van der Waals surface area contributed by atoms with E-state index in [-0.39, 0.29) is 16.8 Å². The molecule has 8 heteroatoms. The lowest BCUT2D eigenvalue weighted by molar-refractivity contribution is -0.123. The monoisotopic (exact) mass is 411 g/mol. The summed E-state index contributed by atoms with van der Waals surface area (Å²) in [7, 11) is -3.64. The normalized spacial score (nSPS) is 25.2. The van der Waals surface area contributed by atoms with Crippen molar-refractivity contribution in [3.05, 3.63) is 30.1 Å². The Balaban J connectivity index is 1.54. The van der Waals surface area contributed by atoms with Crippen LogP contribution in [0.2, 0.25) is 0 Å². The number of carbonyl (C=O) groups is 1. The van der Waals surface area contributed by atoms with Crippen LogP contribution in [0, 0.1) is 11.7 Å². The molecular weight excluding hydrogens is 381 g/mol. The summed E-state index contributed by atoms with van der Waals surface area (Å²) >= 11 is 0. The Morgan fingerprint density at radius 2 is 1.79 bits per heavy atom. The Bertz CT molecular complexity index is 769. The van der Waals surface area contributed by atoms with Gasteiger partial charge >= 0.3 is 0 Å². The van der Waals surface area contributed by atoms with Crippen LogP contribution >= 0.6 is 0 Å². The molecule has 1 saturated carbocycles. The van der Waals surface area contributed by atoms with Gasteiger partial charge in [0.05, 0.1) is 11.4 Å². The molecule has 1 N–H and O–H groups in total. The molecule has 28 heavy (non-hydrogen) atoms. The summed E-state index contributed by atoms with van der Waals surface area (Å²) in [6.45, 7) is 4.41. The summed E-state index contributed by atoms with van der Waals surface area (Å²) in [5.74, 6) is 0.0751. The van der Waals surface area contributed by atoms with Gasteiger partial charge in [-0.2, -0.15) is 4.31 Å². The van der Waals surface area contributed by atoms with Crippen LogP contribution in [-0.4, -0.2) is 62.3 Å². The second-order valence-corrected chi connectivity index (χ2v) is 9.86. The van der Waals surface area contributed by atoms with Gasteiger partial charge in [0.1, 0.15) is 5.82 Å². The van der Waals surface area contributed by atoms with Gasteiger partial charge in [-0.05, 0) is 56.0 Å². The fourth-order valence-electron chi connectivity index (χ4n) is 4.09. The number of benzene rings is 1. The van der Waals surface area contributed by atoms with Crippen molar-refractivity contribution < 1.29 is 17.6 Å². The van der Waals surface area contributed by atoms with Crippen LogP contribution in [-0.2, 0) is 14.8 Å². The Hall–Kier alpha value is -1.51. The van der Waals surface area contributed by atoms with E-state index in [1.807, 2.05) is 4.90 Å². The van der Waals surface area contributed by atoms with E-state index in [0.717, 1.165) is 31.4 Å². The van der Waals surface area contributed by atoms with E-state index >= 15 is 0 Å². The third kappa shape index (κ3) is 5.30. The van der Waals surface area contributed by atoms with E-state index in [4.69, 9.17) is 0 Å². The first kappa shape index (κ1) is 21.2. The molecule has 3 rings (SSSR count). The molecule has 2 atom stereocenters. The smallest absolute Gasteiger partial charge is 0.243 e. The van der Waals surface area contributed by atoms with Crippen LogP contribution in [0.25, 0.3) is 0 Å². The minimum Gasteiger partial charge on any atom is -0.352 e. The van der Waals surface area contributed by atoms with Crippen molar-refractivity contribution in [2.75, 3.05) is 32.7 Å². The molecule has 0 aromatic heterocycles. The van der Waals surface area contributed by atoms with Crippen molar-refractivity contribution in [2.24, 2.45) is 5.92 Å². The maximum Gasteiger partial charge on any atom is 0.243 e. The summed E-state index contributed by atoms with van der Waals surface area (Å²) in [5.41, 5.74) is 0. The largest absolute Gasteiger partial charge is 0.352 e. The molecule has 0 bridgehead atoms. The van der Waals surface area contributed by atoms with Crippen molar-refractivity contribution in [2.45, 2.75) is 50.0 Å². The average molecular weight is 412 g/mol. The fourth-order valence-corrected chi connectivity index (χ4v) is 5.56. The summed E-state index contributed by atoms with van der Waals surface area (Å²) < 4.78 is 40.1. The zero-order valence-corrected chi connectivity index (χ0v) is 17.3. The molecule has 1 aliphatic heterocycles. The summed E-state index contributed by atoms with van der Waals surface area (Å²) in [4.78, 5) is 14.6. The minimum atomic E-state index is -3.64. The number of halogens is 1. The quantitative estimate of drug-likeness (QED) is 0.807. The lowest BCUT2D eigenvalue weighted by atomic mass is 9.86. The number of hydrogen-bond donors (Lipinski definition) is 1. The Labute approximate surface area is 167 Å². The summed E-state index contributed by atoms with van der Waals surface area (Å²) in [6, 6.07) is 5.17. The number of carbonyl (C=O) groups excluding carboxylic acids is 1. The third-order valence-electron chi connectivity index (χ3n) is 5.82. The first-order valence-corrected chi connectivity index (χ1v) is 11.6. The molecule has 2 aliphatic rings. The number of amides is 1. The van der Waals surface area contributed by atoms with E-state index in [0.29, 0.717) is 45.1 Å². The highest BCUT2D eigenvalue weighted by Gasteiger charge is 2.28. The van der Waals surface area contributed by atoms with Crippen molar-refractivity contribution in [3.8, 4) is 0 Å². The molecule has 0 spiro atoms. The SMILES string of the molecule is CC1CCCCC1NC(=O)CN1CCCN(S(=O)(=O)c2ccc(F)cc2)CC1. The highest BCUT2D eigenvalue weighted by Crippen LogP contribution is 2.23. The lowest BCUT2D eigenvalue weighted by Crippen LogP contribution is -2.46. The fraction of sp³-hybridized carbons (Fsp3) is 0.650. The van der Waals surface area contributed by atoms with Crippen molar-refractivity contribution in [3.63, 3.8) is 0 Å². The molecule has 2 unspecified atom stereocenters. The Morgan fingerprint density at radius 1 is 1.07 bits per heavy atom. The van der Waals surface area contributed by atoms with E-state index in [1.54, 1.807) is 0 Å². The molecule has 1 aromatic carbocycles. The number of hydrogen-bond acceptors (Lipinski definition) is 4. The van der Waals surface area contributed by atoms with Crippen LogP contribution in [0.5, 0.6) is 0 Å². The summed E-state index contributed by atoms with van der Waals surface area (Å²) in [6.07, 6.45) is 5.25. The van der Waals surface area contributed by atoms with E-state index in [9.17, 15) is 17.6 Å². The highest BCUT2D eigenvalue weighted by molar-refractivity contribution is 7.89. The van der Waals surface area contributed by atoms with Gasteiger partial charge < -0.3 is 5.32 Å². The summed E-state index contributed by atoms with van der Waals surface area (Å²) in [5, 5.41) is 3.16. The standard InChI is InChI=1S/C20H30FN3O3S/c1-16-5-2-3-6-19(16)22-20(25)15-23-11-4-12-24(14-13-23)28(26,27)18-9-7-17(21)8-10-18/h7-10,16,19H,2-6,11-15H2,1H3,(H,22,25).